The van der Waals surface area contributed by atoms with Crippen LogP contribution in [0.25, 0.3) is 0 Å². The summed E-state index contributed by atoms with van der Waals surface area (Å²) in [5.74, 6) is 6.37. The van der Waals surface area contributed by atoms with Crippen molar-refractivity contribution in [2.75, 3.05) is 6.61 Å². The fourth-order valence-electron chi connectivity index (χ4n) is 4.18. The first-order chi connectivity index (χ1) is 13.6. The van der Waals surface area contributed by atoms with Gasteiger partial charge in [-0.2, -0.15) is 0 Å². The Kier molecular flexibility index (Phi) is 6.15. The Hall–Kier alpha value is -2.18. The molecule has 0 atom stereocenters. The van der Waals surface area contributed by atoms with Crippen LogP contribution in [-0.2, 0) is 16.6 Å². The van der Waals surface area contributed by atoms with E-state index in [1.54, 1.807) is 12.1 Å². The first kappa shape index (κ1) is 21.5. The Morgan fingerprint density at radius 3 is 2.38 bits per heavy atom. The van der Waals surface area contributed by atoms with Gasteiger partial charge in [-0.05, 0) is 72.7 Å². The van der Waals surface area contributed by atoms with Crippen molar-refractivity contribution < 1.29 is 9.53 Å². The molecule has 3 heteroatoms. The second-order valence-electron chi connectivity index (χ2n) is 8.83. The number of carbonyl (C=O) groups is 1. The molecular weight excluding hydrogens is 376 g/mol. The number of esters is 1. The van der Waals surface area contributed by atoms with Gasteiger partial charge in [0.25, 0.3) is 0 Å². The predicted molar refractivity (Wildman–Crippen MR) is 122 cm³/mol. The minimum atomic E-state index is -0.294. The van der Waals surface area contributed by atoms with E-state index in [0.29, 0.717) is 12.2 Å². The largest absolute Gasteiger partial charge is 0.462 e. The van der Waals surface area contributed by atoms with Crippen molar-refractivity contribution in [2.24, 2.45) is 0 Å². The number of aryl methyl sites for hydroxylation is 1. The Balaban J connectivity index is 1.94. The molecule has 2 aromatic rings. The van der Waals surface area contributed by atoms with Crippen LogP contribution < -0.4 is 0 Å². The number of hydrogen-bond donors (Lipinski definition) is 0. The van der Waals surface area contributed by atoms with E-state index in [0.717, 1.165) is 24.0 Å². The van der Waals surface area contributed by atoms with Crippen molar-refractivity contribution in [1.82, 2.24) is 0 Å². The van der Waals surface area contributed by atoms with Crippen molar-refractivity contribution in [2.45, 2.75) is 69.4 Å². The van der Waals surface area contributed by atoms with Gasteiger partial charge in [0.15, 0.2) is 0 Å². The summed E-state index contributed by atoms with van der Waals surface area (Å²) in [6.45, 7) is 13.7. The van der Waals surface area contributed by atoms with Crippen molar-refractivity contribution in [3.63, 3.8) is 0 Å². The fraction of sp³-hybridized carbons (Fsp3) is 0.423. The lowest BCUT2D eigenvalue weighted by atomic mass is 9.76. The van der Waals surface area contributed by atoms with Crippen LogP contribution in [0.2, 0.25) is 0 Å². The van der Waals surface area contributed by atoms with Crippen LogP contribution in [0.1, 0.15) is 80.6 Å². The Morgan fingerprint density at radius 1 is 1.07 bits per heavy atom. The van der Waals surface area contributed by atoms with E-state index in [4.69, 9.17) is 4.74 Å². The lowest BCUT2D eigenvalue weighted by Gasteiger charge is -2.42. The van der Waals surface area contributed by atoms with Gasteiger partial charge in [0.1, 0.15) is 0 Å². The van der Waals surface area contributed by atoms with Crippen LogP contribution in [0.4, 0.5) is 0 Å². The van der Waals surface area contributed by atoms with Crippen molar-refractivity contribution in [1.29, 1.82) is 0 Å². The number of hydrogen-bond acceptors (Lipinski definition) is 3. The van der Waals surface area contributed by atoms with Crippen molar-refractivity contribution >= 4 is 17.7 Å². The molecule has 29 heavy (non-hydrogen) atoms. The second kappa shape index (κ2) is 8.28. The molecule has 0 saturated carbocycles. The zero-order valence-corrected chi connectivity index (χ0v) is 19.1. The van der Waals surface area contributed by atoms with Gasteiger partial charge in [-0.15, -0.1) is 11.8 Å². The highest BCUT2D eigenvalue weighted by molar-refractivity contribution is 8.00. The molecule has 0 N–H and O–H groups in total. The zero-order valence-electron chi connectivity index (χ0n) is 18.3. The number of thioether (sulfide) groups is 1. The average molecular weight is 407 g/mol. The molecular formula is C26H30O2S. The Bertz CT molecular complexity index is 972. The molecule has 0 aromatic heterocycles. The highest BCUT2D eigenvalue weighted by Crippen LogP contribution is 2.51. The molecule has 152 valence electrons. The molecule has 2 nitrogen and oxygen atoms in total. The predicted octanol–water partition coefficient (Wildman–Crippen LogP) is 6.38. The van der Waals surface area contributed by atoms with Gasteiger partial charge in [-0.3, -0.25) is 0 Å². The molecule has 0 radical (unpaired) electrons. The number of fused-ring (bicyclic) bond motifs is 1. The van der Waals surface area contributed by atoms with Crippen LogP contribution in [0.5, 0.6) is 0 Å². The number of rotatable bonds is 3. The molecule has 0 amide bonds. The smallest absolute Gasteiger partial charge is 0.338 e. The van der Waals surface area contributed by atoms with Gasteiger partial charge in [-0.25, -0.2) is 4.79 Å². The van der Waals surface area contributed by atoms with E-state index in [2.05, 4.69) is 58.6 Å². The molecule has 1 aliphatic heterocycles. The van der Waals surface area contributed by atoms with E-state index in [-0.39, 0.29) is 16.1 Å². The highest BCUT2D eigenvalue weighted by atomic mass is 32.2. The maximum Gasteiger partial charge on any atom is 0.338 e. The molecule has 0 fully saturated rings. The van der Waals surface area contributed by atoms with Crippen LogP contribution in [0.3, 0.4) is 0 Å². The minimum absolute atomic E-state index is 0.133. The first-order valence-electron chi connectivity index (χ1n) is 10.3. The van der Waals surface area contributed by atoms with E-state index in [1.165, 1.54) is 16.0 Å². The summed E-state index contributed by atoms with van der Waals surface area (Å²) in [6, 6.07) is 12.0. The molecule has 0 bridgehead atoms. The van der Waals surface area contributed by atoms with Gasteiger partial charge < -0.3 is 4.74 Å². The summed E-state index contributed by atoms with van der Waals surface area (Å²) in [7, 11) is 0. The summed E-state index contributed by atoms with van der Waals surface area (Å²) in [6.07, 6.45) is 2.10. The summed E-state index contributed by atoms with van der Waals surface area (Å²) >= 11 is 1.99. The van der Waals surface area contributed by atoms with Crippen LogP contribution >= 0.6 is 11.8 Å². The number of carbonyl (C=O) groups excluding carboxylic acids is 1. The van der Waals surface area contributed by atoms with Gasteiger partial charge in [0.05, 0.1) is 12.2 Å². The third kappa shape index (κ3) is 4.87. The second-order valence-corrected chi connectivity index (χ2v) is 10.6. The molecule has 0 saturated heterocycles. The lowest BCUT2D eigenvalue weighted by molar-refractivity contribution is 0.0526. The topological polar surface area (TPSA) is 26.3 Å². The van der Waals surface area contributed by atoms with Crippen molar-refractivity contribution in [3.05, 3.63) is 64.2 Å². The number of ether oxygens (including phenoxy) is 1. The summed E-state index contributed by atoms with van der Waals surface area (Å²) < 4.78 is 5.28. The highest BCUT2D eigenvalue weighted by Gasteiger charge is 2.38. The summed E-state index contributed by atoms with van der Waals surface area (Å²) in [5.41, 5.74) is 5.39. The van der Waals surface area contributed by atoms with Gasteiger partial charge in [-0.1, -0.05) is 46.5 Å². The van der Waals surface area contributed by atoms with Gasteiger partial charge in [0, 0.05) is 20.8 Å². The van der Waals surface area contributed by atoms with Gasteiger partial charge >= 0.3 is 5.97 Å². The average Bonchev–Trinajstić information content (AvgIpc) is 2.65. The molecule has 1 aliphatic rings. The third-order valence-electron chi connectivity index (χ3n) is 5.31. The maximum atomic E-state index is 11.8. The number of benzene rings is 2. The van der Waals surface area contributed by atoms with Crippen molar-refractivity contribution in [3.8, 4) is 11.8 Å². The maximum absolute atomic E-state index is 11.8. The fourth-order valence-corrected chi connectivity index (χ4v) is 5.86. The molecule has 0 aliphatic carbocycles. The van der Waals surface area contributed by atoms with E-state index in [9.17, 15) is 4.79 Å². The quantitative estimate of drug-likeness (QED) is 0.437. The first-order valence-corrected chi connectivity index (χ1v) is 11.1. The minimum Gasteiger partial charge on any atom is -0.462 e. The molecule has 1 heterocycles. The standard InChI is InChI=1S/C26H30O2S/c1-7-19-16-23-22(25(3,4)17-26(5,6)29-23)15-21(19)14-11-18-9-12-20(13-10-18)24(27)28-8-2/h9-10,12-13,15-16H,7-8,17H2,1-6H3. The Morgan fingerprint density at radius 2 is 1.76 bits per heavy atom. The Labute approximate surface area is 179 Å². The molecule has 3 rings (SSSR count). The third-order valence-corrected chi connectivity index (χ3v) is 6.56. The molecule has 0 unspecified atom stereocenters. The molecule has 0 spiro atoms. The molecule has 2 aromatic carbocycles. The lowest BCUT2D eigenvalue weighted by Crippen LogP contribution is -2.33. The van der Waals surface area contributed by atoms with E-state index >= 15 is 0 Å². The normalized spacial score (nSPS) is 16.3. The van der Waals surface area contributed by atoms with Gasteiger partial charge in [0.2, 0.25) is 0 Å². The summed E-state index contributed by atoms with van der Waals surface area (Å²) in [4.78, 5) is 13.2. The van der Waals surface area contributed by atoms with Crippen LogP contribution in [0, 0.1) is 11.8 Å². The SMILES string of the molecule is CCOC(=O)c1ccc(C#Cc2cc3c(cc2CC)SC(C)(C)CC3(C)C)cc1. The van der Waals surface area contributed by atoms with E-state index < -0.39 is 0 Å². The summed E-state index contributed by atoms with van der Waals surface area (Å²) in [5, 5.41) is 0. The monoisotopic (exact) mass is 406 g/mol. The van der Waals surface area contributed by atoms with Crippen LogP contribution in [0.15, 0.2) is 41.3 Å². The van der Waals surface area contributed by atoms with E-state index in [1.807, 2.05) is 30.8 Å². The zero-order chi connectivity index (χ0) is 21.2. The van der Waals surface area contributed by atoms with Crippen LogP contribution in [-0.4, -0.2) is 17.3 Å².